The van der Waals surface area contributed by atoms with Crippen LogP contribution < -0.4 is 5.73 Å². The number of nitrogens with one attached hydrogen (secondary N) is 1. The van der Waals surface area contributed by atoms with Crippen LogP contribution >= 0.6 is 11.6 Å². The van der Waals surface area contributed by atoms with Gasteiger partial charge in [-0.15, -0.1) is 10.2 Å². The molecule has 0 spiro atoms. The van der Waals surface area contributed by atoms with Crippen LogP contribution in [0.15, 0.2) is 48.5 Å². The molecule has 2 aromatic heterocycles. The summed E-state index contributed by atoms with van der Waals surface area (Å²) in [4.78, 5) is 4.87. The van der Waals surface area contributed by atoms with Crippen LogP contribution in [0.25, 0.3) is 33.4 Å². The Balaban J connectivity index is 2.18. The van der Waals surface area contributed by atoms with Crippen LogP contribution in [0.1, 0.15) is 25.6 Å². The molecule has 0 fully saturated rings. The number of hydrogen-bond acceptors (Lipinski definition) is 5. The number of halogens is 1. The Morgan fingerprint density at radius 2 is 1.81 bits per heavy atom. The molecule has 4 aromatic rings. The molecule has 2 heterocycles. The van der Waals surface area contributed by atoms with E-state index in [9.17, 15) is 0 Å². The molecule has 0 saturated heterocycles. The maximum Gasteiger partial charge on any atom is 0.207 e. The van der Waals surface area contributed by atoms with Crippen molar-refractivity contribution in [3.8, 4) is 22.5 Å². The van der Waals surface area contributed by atoms with Gasteiger partial charge in [0.15, 0.2) is 0 Å². The molecule has 0 aliphatic rings. The minimum atomic E-state index is -0.277. The van der Waals surface area contributed by atoms with Crippen LogP contribution in [0, 0.1) is 5.92 Å². The molecule has 4 rings (SSSR count). The highest BCUT2D eigenvalue weighted by atomic mass is 35.5. The Morgan fingerprint density at radius 3 is 2.48 bits per heavy atom. The number of aromatic nitrogens is 5. The lowest BCUT2D eigenvalue weighted by Crippen LogP contribution is -2.20. The van der Waals surface area contributed by atoms with E-state index in [0.29, 0.717) is 10.8 Å². The first-order valence-electron chi connectivity index (χ1n) is 8.74. The molecular weight excluding hydrogens is 360 g/mol. The van der Waals surface area contributed by atoms with E-state index < -0.39 is 0 Å². The SMILES string of the molecule is CC(C)C(N)c1nc2ccc(Cl)cc2c(-c2ccccc2)c1-c1nn[nH]n1. The number of rotatable bonds is 4. The van der Waals surface area contributed by atoms with E-state index in [1.165, 1.54) is 0 Å². The minimum Gasteiger partial charge on any atom is -0.322 e. The number of tetrazole rings is 1. The molecule has 1 atom stereocenters. The third-order valence-electron chi connectivity index (χ3n) is 4.64. The number of nitrogens with zero attached hydrogens (tertiary/aromatic N) is 4. The van der Waals surface area contributed by atoms with Gasteiger partial charge in [-0.25, -0.2) is 0 Å². The average molecular weight is 379 g/mol. The van der Waals surface area contributed by atoms with Crippen LogP contribution in [0.5, 0.6) is 0 Å². The maximum atomic E-state index is 6.54. The quantitative estimate of drug-likeness (QED) is 0.549. The van der Waals surface area contributed by atoms with Crippen LogP contribution in [-0.4, -0.2) is 25.6 Å². The molecule has 0 amide bonds. The third-order valence-corrected chi connectivity index (χ3v) is 4.88. The van der Waals surface area contributed by atoms with Gasteiger partial charge in [0, 0.05) is 16.0 Å². The van der Waals surface area contributed by atoms with Gasteiger partial charge in [-0.1, -0.05) is 55.8 Å². The molecular formula is C20H19ClN6. The summed E-state index contributed by atoms with van der Waals surface area (Å²) in [5.41, 5.74) is 10.9. The van der Waals surface area contributed by atoms with Gasteiger partial charge >= 0.3 is 0 Å². The van der Waals surface area contributed by atoms with Gasteiger partial charge in [0.25, 0.3) is 0 Å². The van der Waals surface area contributed by atoms with Crippen LogP contribution in [0.3, 0.4) is 0 Å². The van der Waals surface area contributed by atoms with Gasteiger partial charge in [0.1, 0.15) is 0 Å². The van der Waals surface area contributed by atoms with Crippen LogP contribution in [0.2, 0.25) is 5.02 Å². The van der Waals surface area contributed by atoms with E-state index in [1.807, 2.05) is 48.5 Å². The zero-order valence-corrected chi connectivity index (χ0v) is 15.8. The molecule has 0 aliphatic heterocycles. The van der Waals surface area contributed by atoms with E-state index >= 15 is 0 Å². The summed E-state index contributed by atoms with van der Waals surface area (Å²) < 4.78 is 0. The lowest BCUT2D eigenvalue weighted by molar-refractivity contribution is 0.505. The second-order valence-electron chi connectivity index (χ2n) is 6.78. The second-order valence-corrected chi connectivity index (χ2v) is 7.22. The minimum absolute atomic E-state index is 0.191. The molecule has 27 heavy (non-hydrogen) atoms. The molecule has 0 aliphatic carbocycles. The van der Waals surface area contributed by atoms with E-state index in [1.54, 1.807) is 0 Å². The van der Waals surface area contributed by atoms with E-state index in [2.05, 4.69) is 34.5 Å². The molecule has 136 valence electrons. The number of fused-ring (bicyclic) bond motifs is 1. The van der Waals surface area contributed by atoms with Crippen molar-refractivity contribution in [2.24, 2.45) is 11.7 Å². The number of pyridine rings is 1. The van der Waals surface area contributed by atoms with Gasteiger partial charge in [-0.05, 0) is 34.9 Å². The highest BCUT2D eigenvalue weighted by Crippen LogP contribution is 2.41. The van der Waals surface area contributed by atoms with Crippen LogP contribution in [-0.2, 0) is 0 Å². The molecule has 0 bridgehead atoms. The molecule has 7 heteroatoms. The normalized spacial score (nSPS) is 12.6. The fraction of sp³-hybridized carbons (Fsp3) is 0.200. The first-order chi connectivity index (χ1) is 13.1. The van der Waals surface area contributed by atoms with Gasteiger partial charge in [-0.3, -0.25) is 4.98 Å². The first-order valence-corrected chi connectivity index (χ1v) is 9.12. The maximum absolute atomic E-state index is 6.54. The van der Waals surface area contributed by atoms with Crippen LogP contribution in [0.4, 0.5) is 0 Å². The van der Waals surface area contributed by atoms with Gasteiger partial charge in [0.2, 0.25) is 5.82 Å². The van der Waals surface area contributed by atoms with E-state index in [-0.39, 0.29) is 12.0 Å². The monoisotopic (exact) mass is 378 g/mol. The second kappa shape index (κ2) is 7.06. The largest absolute Gasteiger partial charge is 0.322 e. The van der Waals surface area contributed by atoms with Crippen molar-refractivity contribution in [1.82, 2.24) is 25.6 Å². The predicted molar refractivity (Wildman–Crippen MR) is 107 cm³/mol. The summed E-state index contributed by atoms with van der Waals surface area (Å²) in [5.74, 6) is 0.658. The summed E-state index contributed by atoms with van der Waals surface area (Å²) in [7, 11) is 0. The number of benzene rings is 2. The van der Waals surface area contributed by atoms with Gasteiger partial charge in [-0.2, -0.15) is 5.21 Å². The molecule has 6 nitrogen and oxygen atoms in total. The summed E-state index contributed by atoms with van der Waals surface area (Å²) in [6, 6.07) is 15.5. The number of hydrogen-bond donors (Lipinski definition) is 2. The summed E-state index contributed by atoms with van der Waals surface area (Å²) in [6.45, 7) is 4.14. The topological polar surface area (TPSA) is 93.4 Å². The van der Waals surface area contributed by atoms with Crippen molar-refractivity contribution in [3.63, 3.8) is 0 Å². The van der Waals surface area contributed by atoms with Gasteiger partial charge in [0.05, 0.1) is 22.8 Å². The number of nitrogens with two attached hydrogens (primary N) is 1. The van der Waals surface area contributed by atoms with E-state index in [4.69, 9.17) is 22.3 Å². The van der Waals surface area contributed by atoms with Crippen molar-refractivity contribution >= 4 is 22.5 Å². The zero-order valence-electron chi connectivity index (χ0n) is 15.0. The number of aromatic amines is 1. The zero-order chi connectivity index (χ0) is 19.0. The summed E-state index contributed by atoms with van der Waals surface area (Å²) in [6.07, 6.45) is 0. The fourth-order valence-corrected chi connectivity index (χ4v) is 3.38. The van der Waals surface area contributed by atoms with Crippen molar-refractivity contribution in [2.75, 3.05) is 0 Å². The Hall–Kier alpha value is -2.83. The first kappa shape index (κ1) is 17.6. The van der Waals surface area contributed by atoms with Crippen molar-refractivity contribution in [2.45, 2.75) is 19.9 Å². The Bertz CT molecular complexity index is 1080. The predicted octanol–water partition coefficient (Wildman–Crippen LogP) is 4.39. The van der Waals surface area contributed by atoms with Gasteiger partial charge < -0.3 is 5.73 Å². The highest BCUT2D eigenvalue weighted by Gasteiger charge is 2.26. The Kier molecular flexibility index (Phi) is 4.59. The lowest BCUT2D eigenvalue weighted by Gasteiger charge is -2.21. The number of H-pyrrole nitrogens is 1. The molecule has 2 aromatic carbocycles. The Labute approximate surface area is 161 Å². The van der Waals surface area contributed by atoms with Crippen molar-refractivity contribution < 1.29 is 0 Å². The Morgan fingerprint density at radius 1 is 1.04 bits per heavy atom. The third kappa shape index (κ3) is 3.18. The summed E-state index contributed by atoms with van der Waals surface area (Å²) >= 11 is 6.31. The lowest BCUT2D eigenvalue weighted by atomic mass is 9.89. The standard InChI is InChI=1S/C20H19ClN6/c1-11(2)18(22)19-17(20-24-26-27-25-20)16(12-6-4-3-5-7-12)14-10-13(21)8-9-15(14)23-19/h3-11,18H,22H2,1-2H3,(H,24,25,26,27). The van der Waals surface area contributed by atoms with E-state index in [0.717, 1.165) is 33.3 Å². The fourth-order valence-electron chi connectivity index (χ4n) is 3.21. The van der Waals surface area contributed by atoms with Crippen molar-refractivity contribution in [1.29, 1.82) is 0 Å². The smallest absolute Gasteiger partial charge is 0.207 e. The molecule has 1 unspecified atom stereocenters. The molecule has 0 radical (unpaired) electrons. The summed E-state index contributed by atoms with van der Waals surface area (Å²) in [5, 5.41) is 16.3. The van der Waals surface area contributed by atoms with Crippen molar-refractivity contribution in [3.05, 3.63) is 59.2 Å². The average Bonchev–Trinajstić information content (AvgIpc) is 3.21. The molecule has 3 N–H and O–H groups in total. The highest BCUT2D eigenvalue weighted by molar-refractivity contribution is 6.31. The molecule has 0 saturated carbocycles.